The molecule has 3 N–H and O–H groups in total. The molecule has 0 saturated heterocycles. The topological polar surface area (TPSA) is 63.3 Å². The van der Waals surface area contributed by atoms with Crippen LogP contribution in [-0.4, -0.2) is 22.4 Å². The van der Waals surface area contributed by atoms with E-state index in [1.807, 2.05) is 25.1 Å². The Labute approximate surface area is 106 Å². The first-order valence-corrected chi connectivity index (χ1v) is 6.77. The molecule has 1 atom stereocenters. The third kappa shape index (κ3) is 4.40. The van der Waals surface area contributed by atoms with Gasteiger partial charge in [0.05, 0.1) is 0 Å². The van der Waals surface area contributed by atoms with E-state index in [0.717, 1.165) is 12.2 Å². The smallest absolute Gasteiger partial charge is 0.323 e. The van der Waals surface area contributed by atoms with Crippen molar-refractivity contribution < 1.29 is 9.90 Å². The summed E-state index contributed by atoms with van der Waals surface area (Å²) < 4.78 is 0. The molecular weight excluding hydrogens is 234 g/mol. The van der Waals surface area contributed by atoms with E-state index in [-0.39, 0.29) is 0 Å². The number of thioether (sulfide) groups is 1. The van der Waals surface area contributed by atoms with E-state index in [1.54, 1.807) is 11.8 Å². The van der Waals surface area contributed by atoms with Crippen LogP contribution in [0.2, 0.25) is 0 Å². The molecule has 0 amide bonds. The second-order valence-electron chi connectivity index (χ2n) is 4.08. The lowest BCUT2D eigenvalue weighted by Crippen LogP contribution is -2.47. The minimum Gasteiger partial charge on any atom is -0.480 e. The van der Waals surface area contributed by atoms with Crippen molar-refractivity contribution in [2.45, 2.75) is 36.6 Å². The lowest BCUT2D eigenvalue weighted by molar-refractivity contribution is -0.143. The van der Waals surface area contributed by atoms with E-state index in [4.69, 9.17) is 10.8 Å². The first kappa shape index (κ1) is 14.1. The third-order valence-electron chi connectivity index (χ3n) is 2.84. The van der Waals surface area contributed by atoms with Crippen LogP contribution in [-0.2, 0) is 4.79 Å². The molecule has 1 aromatic rings. The number of carboxylic acids is 1. The molecule has 1 aromatic carbocycles. The Morgan fingerprint density at radius 2 is 2.06 bits per heavy atom. The third-order valence-corrected chi connectivity index (χ3v) is 3.93. The van der Waals surface area contributed by atoms with E-state index in [0.29, 0.717) is 12.8 Å². The molecule has 94 valence electrons. The number of rotatable bonds is 7. The molecule has 0 radical (unpaired) electrons. The fourth-order valence-corrected chi connectivity index (χ4v) is 2.40. The Hall–Kier alpha value is -1.00. The second-order valence-corrected chi connectivity index (χ2v) is 5.25. The van der Waals surface area contributed by atoms with Gasteiger partial charge in [0.15, 0.2) is 0 Å². The number of nitrogens with two attached hydrogens (primary N) is 1. The Kier molecular flexibility index (Phi) is 5.51. The molecule has 0 aromatic heterocycles. The van der Waals surface area contributed by atoms with Crippen LogP contribution in [0.5, 0.6) is 0 Å². The van der Waals surface area contributed by atoms with Gasteiger partial charge in [0.25, 0.3) is 0 Å². The van der Waals surface area contributed by atoms with E-state index < -0.39 is 11.5 Å². The average molecular weight is 253 g/mol. The molecule has 4 heteroatoms. The summed E-state index contributed by atoms with van der Waals surface area (Å²) in [5, 5.41) is 9.02. The lowest BCUT2D eigenvalue weighted by atomic mass is 9.92. The summed E-state index contributed by atoms with van der Waals surface area (Å²) in [4.78, 5) is 12.2. The maximum Gasteiger partial charge on any atom is 0.323 e. The highest BCUT2D eigenvalue weighted by Gasteiger charge is 2.30. The largest absolute Gasteiger partial charge is 0.480 e. The van der Waals surface area contributed by atoms with Crippen LogP contribution >= 0.6 is 11.8 Å². The van der Waals surface area contributed by atoms with Gasteiger partial charge in [-0.2, -0.15) is 0 Å². The van der Waals surface area contributed by atoms with Gasteiger partial charge in [-0.1, -0.05) is 25.1 Å². The summed E-state index contributed by atoms with van der Waals surface area (Å²) in [6, 6.07) is 10.1. The zero-order valence-electron chi connectivity index (χ0n) is 10.1. The van der Waals surface area contributed by atoms with Crippen molar-refractivity contribution in [2.24, 2.45) is 5.73 Å². The number of hydrogen-bond acceptors (Lipinski definition) is 3. The van der Waals surface area contributed by atoms with Gasteiger partial charge in [-0.05, 0) is 37.1 Å². The van der Waals surface area contributed by atoms with Crippen LogP contribution in [0.25, 0.3) is 0 Å². The minimum atomic E-state index is -1.06. The molecule has 1 unspecified atom stereocenters. The molecule has 1 rings (SSSR count). The highest BCUT2D eigenvalue weighted by molar-refractivity contribution is 7.99. The average Bonchev–Trinajstić information content (AvgIpc) is 2.35. The van der Waals surface area contributed by atoms with Crippen LogP contribution in [0.1, 0.15) is 26.2 Å². The predicted octanol–water partition coefficient (Wildman–Crippen LogP) is 2.75. The number of aliphatic carboxylic acids is 1. The van der Waals surface area contributed by atoms with Crippen molar-refractivity contribution in [1.29, 1.82) is 0 Å². The lowest BCUT2D eigenvalue weighted by Gasteiger charge is -2.22. The van der Waals surface area contributed by atoms with Crippen molar-refractivity contribution in [3.8, 4) is 0 Å². The van der Waals surface area contributed by atoms with Crippen LogP contribution in [0.3, 0.4) is 0 Å². The van der Waals surface area contributed by atoms with Gasteiger partial charge >= 0.3 is 5.97 Å². The highest BCUT2D eigenvalue weighted by atomic mass is 32.2. The molecule has 3 nitrogen and oxygen atoms in total. The van der Waals surface area contributed by atoms with Crippen LogP contribution < -0.4 is 5.73 Å². The molecule has 0 saturated carbocycles. The van der Waals surface area contributed by atoms with Crippen molar-refractivity contribution in [3.63, 3.8) is 0 Å². The highest BCUT2D eigenvalue weighted by Crippen LogP contribution is 2.21. The zero-order chi connectivity index (χ0) is 12.7. The monoisotopic (exact) mass is 253 g/mol. The first-order chi connectivity index (χ1) is 8.08. The van der Waals surface area contributed by atoms with E-state index in [9.17, 15) is 4.79 Å². The summed E-state index contributed by atoms with van der Waals surface area (Å²) in [5.74, 6) is 0.000635. The maximum absolute atomic E-state index is 11.0. The fraction of sp³-hybridized carbons (Fsp3) is 0.462. The Bertz CT molecular complexity index is 356. The van der Waals surface area contributed by atoms with Gasteiger partial charge in [-0.3, -0.25) is 4.79 Å². The van der Waals surface area contributed by atoms with Gasteiger partial charge < -0.3 is 10.8 Å². The molecule has 0 aliphatic carbocycles. The molecule has 0 bridgehead atoms. The summed E-state index contributed by atoms with van der Waals surface area (Å²) >= 11 is 1.73. The SMILES string of the molecule is CCC(N)(CCCSc1ccccc1)C(=O)O. The zero-order valence-corrected chi connectivity index (χ0v) is 10.9. The summed E-state index contributed by atoms with van der Waals surface area (Å²) in [5.41, 5.74) is 4.75. The van der Waals surface area contributed by atoms with E-state index >= 15 is 0 Å². The number of carboxylic acid groups (broad SMARTS) is 1. The van der Waals surface area contributed by atoms with E-state index in [2.05, 4.69) is 12.1 Å². The molecule has 17 heavy (non-hydrogen) atoms. The first-order valence-electron chi connectivity index (χ1n) is 5.78. The molecule has 0 spiro atoms. The van der Waals surface area contributed by atoms with Gasteiger partial charge in [-0.15, -0.1) is 11.8 Å². The van der Waals surface area contributed by atoms with Gasteiger partial charge in [0.2, 0.25) is 0 Å². The van der Waals surface area contributed by atoms with E-state index in [1.165, 1.54) is 4.90 Å². The summed E-state index contributed by atoms with van der Waals surface area (Å²) in [7, 11) is 0. The molecule has 0 heterocycles. The second kappa shape index (κ2) is 6.67. The van der Waals surface area contributed by atoms with Crippen molar-refractivity contribution in [3.05, 3.63) is 30.3 Å². The molecule has 0 fully saturated rings. The number of carbonyl (C=O) groups is 1. The van der Waals surface area contributed by atoms with Gasteiger partial charge in [0.1, 0.15) is 5.54 Å². The van der Waals surface area contributed by atoms with Crippen LogP contribution in [0.15, 0.2) is 35.2 Å². The Balaban J connectivity index is 2.31. The van der Waals surface area contributed by atoms with Crippen molar-refractivity contribution >= 4 is 17.7 Å². The molecule has 0 aliphatic rings. The van der Waals surface area contributed by atoms with Gasteiger partial charge in [-0.25, -0.2) is 0 Å². The molecular formula is C13H19NO2S. The summed E-state index contributed by atoms with van der Waals surface area (Å²) in [6.45, 7) is 1.82. The molecule has 0 aliphatic heterocycles. The standard InChI is InChI=1S/C13H19NO2S/c1-2-13(14,12(15)16)9-6-10-17-11-7-4-3-5-8-11/h3-5,7-8H,2,6,9-10,14H2,1H3,(H,15,16). The Morgan fingerprint density at radius 1 is 1.41 bits per heavy atom. The minimum absolute atomic E-state index is 0.471. The summed E-state index contributed by atoms with van der Waals surface area (Å²) in [6.07, 6.45) is 1.81. The predicted molar refractivity (Wildman–Crippen MR) is 71.2 cm³/mol. The number of hydrogen-bond donors (Lipinski definition) is 2. The fourth-order valence-electron chi connectivity index (χ4n) is 1.53. The quantitative estimate of drug-likeness (QED) is 0.579. The van der Waals surface area contributed by atoms with Crippen LogP contribution in [0, 0.1) is 0 Å². The normalized spacial score (nSPS) is 14.2. The van der Waals surface area contributed by atoms with Gasteiger partial charge in [0, 0.05) is 4.90 Å². The van der Waals surface area contributed by atoms with Crippen molar-refractivity contribution in [1.82, 2.24) is 0 Å². The van der Waals surface area contributed by atoms with Crippen LogP contribution in [0.4, 0.5) is 0 Å². The number of benzene rings is 1. The van der Waals surface area contributed by atoms with Crippen molar-refractivity contribution in [2.75, 3.05) is 5.75 Å². The maximum atomic E-state index is 11.0. The Morgan fingerprint density at radius 3 is 2.59 bits per heavy atom.